The molecule has 0 aliphatic rings. The van der Waals surface area contributed by atoms with Gasteiger partial charge in [-0.15, -0.1) is 0 Å². The topological polar surface area (TPSA) is 54.4 Å². The molecular weight excluding hydrogens is 132 g/mol. The Bertz CT molecular complexity index is 140. The van der Waals surface area contributed by atoms with Gasteiger partial charge in [0.1, 0.15) is 11.6 Å². The molecule has 0 fully saturated rings. The van der Waals surface area contributed by atoms with Gasteiger partial charge in [-0.3, -0.25) is 4.79 Å². The van der Waals surface area contributed by atoms with E-state index < -0.39 is 5.92 Å². The van der Waals surface area contributed by atoms with E-state index in [1.165, 1.54) is 13.8 Å². The van der Waals surface area contributed by atoms with Crippen LogP contribution in [0.3, 0.4) is 0 Å². The summed E-state index contributed by atoms with van der Waals surface area (Å²) in [6, 6.07) is 0. The second-order valence-electron chi connectivity index (χ2n) is 2.40. The second-order valence-corrected chi connectivity index (χ2v) is 2.40. The van der Waals surface area contributed by atoms with E-state index in [1.807, 2.05) is 0 Å². The summed E-state index contributed by atoms with van der Waals surface area (Å²) >= 11 is 0. The number of aliphatic hydroxyl groups excluding tert-OH is 1. The lowest BCUT2D eigenvalue weighted by atomic mass is 10.0. The molecule has 0 spiro atoms. The Balaban J connectivity index is 3.83. The van der Waals surface area contributed by atoms with E-state index in [0.717, 1.165) is 0 Å². The minimum Gasteiger partial charge on any atom is -0.396 e. The van der Waals surface area contributed by atoms with Crippen LogP contribution in [-0.4, -0.2) is 23.3 Å². The molecule has 0 aliphatic heterocycles. The molecule has 3 heteroatoms. The number of ketones is 2. The van der Waals surface area contributed by atoms with Crippen LogP contribution in [-0.2, 0) is 9.59 Å². The summed E-state index contributed by atoms with van der Waals surface area (Å²) in [6.07, 6.45) is 0.159. The van der Waals surface area contributed by atoms with Gasteiger partial charge in [0.2, 0.25) is 0 Å². The lowest BCUT2D eigenvalue weighted by Crippen LogP contribution is -2.18. The van der Waals surface area contributed by atoms with Gasteiger partial charge in [0.05, 0.1) is 6.61 Å². The van der Waals surface area contributed by atoms with Crippen LogP contribution in [0.2, 0.25) is 0 Å². The highest BCUT2D eigenvalue weighted by Gasteiger charge is 2.14. The molecule has 0 unspecified atom stereocenters. The Morgan fingerprint density at radius 3 is 2.00 bits per heavy atom. The number of rotatable bonds is 4. The molecule has 3 nitrogen and oxygen atoms in total. The molecule has 0 radical (unpaired) electrons. The molecule has 0 aliphatic carbocycles. The predicted octanol–water partition coefficient (Wildman–Crippen LogP) is 0.163. The molecule has 0 saturated heterocycles. The van der Waals surface area contributed by atoms with E-state index in [-0.39, 0.29) is 24.6 Å². The van der Waals surface area contributed by atoms with Crippen molar-refractivity contribution in [1.29, 1.82) is 0 Å². The monoisotopic (exact) mass is 144 g/mol. The van der Waals surface area contributed by atoms with Crippen molar-refractivity contribution in [2.75, 3.05) is 6.61 Å². The summed E-state index contributed by atoms with van der Waals surface area (Å²) in [6.45, 7) is 2.56. The van der Waals surface area contributed by atoms with Crippen molar-refractivity contribution in [2.45, 2.75) is 20.3 Å². The highest BCUT2D eigenvalue weighted by Crippen LogP contribution is 2.03. The SMILES string of the molecule is CC(=O)C[C@H](CO)C(C)=O. The minimum atomic E-state index is -0.488. The number of carbonyl (C=O) groups excluding carboxylic acids is 2. The maximum Gasteiger partial charge on any atom is 0.135 e. The fourth-order valence-electron chi connectivity index (χ4n) is 0.684. The summed E-state index contributed by atoms with van der Waals surface area (Å²) in [5.41, 5.74) is 0. The van der Waals surface area contributed by atoms with E-state index in [1.54, 1.807) is 0 Å². The first kappa shape index (κ1) is 9.30. The van der Waals surface area contributed by atoms with Gasteiger partial charge < -0.3 is 9.90 Å². The Kier molecular flexibility index (Phi) is 3.88. The van der Waals surface area contributed by atoms with Gasteiger partial charge in [0.25, 0.3) is 0 Å². The van der Waals surface area contributed by atoms with Crippen LogP contribution >= 0.6 is 0 Å². The normalized spacial score (nSPS) is 12.7. The molecule has 0 aromatic rings. The van der Waals surface area contributed by atoms with Gasteiger partial charge in [0.15, 0.2) is 0 Å². The highest BCUT2D eigenvalue weighted by atomic mass is 16.3. The molecule has 0 rings (SSSR count). The molecule has 0 saturated carbocycles. The third kappa shape index (κ3) is 3.35. The minimum absolute atomic E-state index is 0.0609. The van der Waals surface area contributed by atoms with Crippen LogP contribution in [0.5, 0.6) is 0 Å². The second kappa shape index (κ2) is 4.17. The Labute approximate surface area is 60.0 Å². The van der Waals surface area contributed by atoms with Crippen molar-refractivity contribution < 1.29 is 14.7 Å². The van der Waals surface area contributed by atoms with Crippen molar-refractivity contribution in [3.05, 3.63) is 0 Å². The van der Waals surface area contributed by atoms with Crippen LogP contribution in [0.4, 0.5) is 0 Å². The molecule has 0 heterocycles. The first-order chi connectivity index (χ1) is 4.57. The third-order valence-electron chi connectivity index (χ3n) is 1.33. The first-order valence-corrected chi connectivity index (χ1v) is 3.18. The standard InChI is InChI=1S/C7H12O3/c1-5(9)3-7(4-8)6(2)10/h7-8H,3-4H2,1-2H3/t7-/m1/s1. The van der Waals surface area contributed by atoms with Crippen LogP contribution in [0.25, 0.3) is 0 Å². The van der Waals surface area contributed by atoms with Crippen LogP contribution < -0.4 is 0 Å². The molecule has 58 valence electrons. The maximum atomic E-state index is 10.6. The van der Waals surface area contributed by atoms with Crippen molar-refractivity contribution in [3.63, 3.8) is 0 Å². The molecule has 0 aromatic heterocycles. The average molecular weight is 144 g/mol. The molecule has 0 bridgehead atoms. The predicted molar refractivity (Wildman–Crippen MR) is 36.6 cm³/mol. The van der Waals surface area contributed by atoms with Gasteiger partial charge in [-0.25, -0.2) is 0 Å². The number of hydrogen-bond acceptors (Lipinski definition) is 3. The number of hydrogen-bond donors (Lipinski definition) is 1. The van der Waals surface area contributed by atoms with E-state index >= 15 is 0 Å². The molecule has 0 amide bonds. The molecule has 0 aromatic carbocycles. The largest absolute Gasteiger partial charge is 0.396 e. The van der Waals surface area contributed by atoms with Gasteiger partial charge in [-0.2, -0.15) is 0 Å². The maximum absolute atomic E-state index is 10.6. The quantitative estimate of drug-likeness (QED) is 0.611. The zero-order chi connectivity index (χ0) is 8.15. The Hall–Kier alpha value is -0.700. The van der Waals surface area contributed by atoms with E-state index in [9.17, 15) is 9.59 Å². The third-order valence-corrected chi connectivity index (χ3v) is 1.33. The Morgan fingerprint density at radius 2 is 1.90 bits per heavy atom. The van der Waals surface area contributed by atoms with E-state index in [4.69, 9.17) is 5.11 Å². The van der Waals surface area contributed by atoms with Crippen molar-refractivity contribution >= 4 is 11.6 Å². The molecule has 1 N–H and O–H groups in total. The average Bonchev–Trinajstić information content (AvgIpc) is 1.81. The molecule has 1 atom stereocenters. The van der Waals surface area contributed by atoms with Crippen molar-refractivity contribution in [1.82, 2.24) is 0 Å². The first-order valence-electron chi connectivity index (χ1n) is 3.18. The number of carbonyl (C=O) groups is 2. The van der Waals surface area contributed by atoms with Crippen LogP contribution in [0.1, 0.15) is 20.3 Å². The highest BCUT2D eigenvalue weighted by molar-refractivity contribution is 5.85. The van der Waals surface area contributed by atoms with E-state index in [2.05, 4.69) is 0 Å². The zero-order valence-corrected chi connectivity index (χ0v) is 6.26. The van der Waals surface area contributed by atoms with E-state index in [0.29, 0.717) is 0 Å². The lowest BCUT2D eigenvalue weighted by Gasteiger charge is -2.05. The summed E-state index contributed by atoms with van der Waals surface area (Å²) in [5, 5.41) is 8.57. The van der Waals surface area contributed by atoms with Gasteiger partial charge in [-0.05, 0) is 13.8 Å². The fraction of sp³-hybridized carbons (Fsp3) is 0.714. The fourth-order valence-corrected chi connectivity index (χ4v) is 0.684. The summed E-state index contributed by atoms with van der Waals surface area (Å²) in [7, 11) is 0. The molecular formula is C7H12O3. The summed E-state index contributed by atoms with van der Waals surface area (Å²) in [5.74, 6) is -0.676. The zero-order valence-electron chi connectivity index (χ0n) is 6.26. The summed E-state index contributed by atoms with van der Waals surface area (Å²) < 4.78 is 0. The van der Waals surface area contributed by atoms with Crippen LogP contribution in [0.15, 0.2) is 0 Å². The van der Waals surface area contributed by atoms with Gasteiger partial charge in [-0.1, -0.05) is 0 Å². The van der Waals surface area contributed by atoms with Gasteiger partial charge in [0, 0.05) is 12.3 Å². The Morgan fingerprint density at radius 1 is 1.40 bits per heavy atom. The van der Waals surface area contributed by atoms with Gasteiger partial charge >= 0.3 is 0 Å². The van der Waals surface area contributed by atoms with Crippen LogP contribution in [0, 0.1) is 5.92 Å². The summed E-state index contributed by atoms with van der Waals surface area (Å²) in [4.78, 5) is 21.1. The smallest absolute Gasteiger partial charge is 0.135 e. The molecule has 10 heavy (non-hydrogen) atoms. The lowest BCUT2D eigenvalue weighted by molar-refractivity contribution is -0.127. The number of Topliss-reactive ketones (excluding diaryl/α,β-unsaturated/α-hetero) is 2. The number of aliphatic hydroxyl groups is 1. The van der Waals surface area contributed by atoms with Crippen molar-refractivity contribution in [3.8, 4) is 0 Å². The van der Waals surface area contributed by atoms with Crippen molar-refractivity contribution in [2.24, 2.45) is 5.92 Å².